The van der Waals surface area contributed by atoms with Crippen LogP contribution in [0.5, 0.6) is 0 Å². The van der Waals surface area contributed by atoms with Gasteiger partial charge in [-0.2, -0.15) is 0 Å². The van der Waals surface area contributed by atoms with E-state index in [1.165, 1.54) is 25.9 Å². The van der Waals surface area contributed by atoms with Crippen molar-refractivity contribution in [2.75, 3.05) is 32.8 Å². The summed E-state index contributed by atoms with van der Waals surface area (Å²) >= 11 is 0. The Morgan fingerprint density at radius 3 is 2.50 bits per heavy atom. The highest BCUT2D eigenvalue weighted by molar-refractivity contribution is 4.87. The molecule has 1 aliphatic rings. The molecule has 0 aliphatic carbocycles. The minimum atomic E-state index is -0.111. The van der Waals surface area contributed by atoms with Crippen molar-refractivity contribution >= 4 is 0 Å². The molecule has 1 rings (SSSR count). The summed E-state index contributed by atoms with van der Waals surface area (Å²) in [5.74, 6) is 0. The quantitative estimate of drug-likeness (QED) is 0.667. The Labute approximate surface area is 87.5 Å². The summed E-state index contributed by atoms with van der Waals surface area (Å²) in [6.45, 7) is 8.85. The monoisotopic (exact) mass is 200 g/mol. The van der Waals surface area contributed by atoms with Crippen molar-refractivity contribution in [3.63, 3.8) is 0 Å². The van der Waals surface area contributed by atoms with Gasteiger partial charge in [-0.15, -0.1) is 0 Å². The molecule has 1 aliphatic heterocycles. The first-order chi connectivity index (χ1) is 6.70. The third-order valence-corrected chi connectivity index (χ3v) is 2.92. The first kappa shape index (κ1) is 12.0. The van der Waals surface area contributed by atoms with E-state index in [4.69, 9.17) is 0 Å². The molecule has 0 saturated carbocycles. The van der Waals surface area contributed by atoms with Crippen molar-refractivity contribution in [3.05, 3.63) is 0 Å². The molecule has 3 heteroatoms. The Kier molecular flexibility index (Phi) is 4.85. The van der Waals surface area contributed by atoms with Gasteiger partial charge in [0.2, 0.25) is 0 Å². The lowest BCUT2D eigenvalue weighted by molar-refractivity contribution is 0.132. The van der Waals surface area contributed by atoms with Gasteiger partial charge in [0, 0.05) is 6.54 Å². The Balaban J connectivity index is 2.34. The number of hydrogen-bond donors (Lipinski definition) is 2. The molecule has 1 atom stereocenters. The molecular weight excluding hydrogens is 176 g/mol. The standard InChI is InChI=1S/C11H24N2O/c1-3-6-12-11(2,10-14)9-13-7-4-5-8-13/h12,14H,3-10H2,1-2H3. The number of aliphatic hydroxyl groups excluding tert-OH is 1. The fourth-order valence-electron chi connectivity index (χ4n) is 2.02. The van der Waals surface area contributed by atoms with Crippen LogP contribution < -0.4 is 5.32 Å². The number of nitrogens with zero attached hydrogens (tertiary/aromatic N) is 1. The molecule has 3 nitrogen and oxygen atoms in total. The lowest BCUT2D eigenvalue weighted by Gasteiger charge is -2.33. The van der Waals surface area contributed by atoms with Crippen LogP contribution in [-0.4, -0.2) is 48.3 Å². The van der Waals surface area contributed by atoms with Crippen molar-refractivity contribution in [3.8, 4) is 0 Å². The molecule has 2 N–H and O–H groups in total. The summed E-state index contributed by atoms with van der Waals surface area (Å²) in [5.41, 5.74) is -0.111. The summed E-state index contributed by atoms with van der Waals surface area (Å²) in [5, 5.41) is 12.8. The number of aliphatic hydroxyl groups is 1. The highest BCUT2D eigenvalue weighted by Crippen LogP contribution is 2.12. The molecule has 0 bridgehead atoms. The van der Waals surface area contributed by atoms with Gasteiger partial charge in [-0.1, -0.05) is 6.92 Å². The van der Waals surface area contributed by atoms with Crippen molar-refractivity contribution in [2.24, 2.45) is 0 Å². The first-order valence-corrected chi connectivity index (χ1v) is 5.78. The summed E-state index contributed by atoms with van der Waals surface area (Å²) in [7, 11) is 0. The molecular formula is C11H24N2O. The summed E-state index contributed by atoms with van der Waals surface area (Å²) in [6, 6.07) is 0. The molecule has 1 unspecified atom stereocenters. The zero-order valence-electron chi connectivity index (χ0n) is 9.55. The second-order valence-electron chi connectivity index (χ2n) is 4.63. The Hall–Kier alpha value is -0.120. The van der Waals surface area contributed by atoms with Crippen LogP contribution in [0.15, 0.2) is 0 Å². The van der Waals surface area contributed by atoms with E-state index >= 15 is 0 Å². The second-order valence-corrected chi connectivity index (χ2v) is 4.63. The second kappa shape index (κ2) is 5.69. The molecule has 0 aromatic heterocycles. The predicted molar refractivity (Wildman–Crippen MR) is 59.5 cm³/mol. The molecule has 84 valence electrons. The number of likely N-dealkylation sites (tertiary alicyclic amines) is 1. The molecule has 0 spiro atoms. The summed E-state index contributed by atoms with van der Waals surface area (Å²) in [4.78, 5) is 2.44. The maximum Gasteiger partial charge on any atom is 0.0623 e. The molecule has 0 amide bonds. The van der Waals surface area contributed by atoms with Gasteiger partial charge in [-0.25, -0.2) is 0 Å². The average Bonchev–Trinajstić information content (AvgIpc) is 2.67. The fourth-order valence-corrected chi connectivity index (χ4v) is 2.02. The Morgan fingerprint density at radius 1 is 1.36 bits per heavy atom. The van der Waals surface area contributed by atoms with E-state index in [0.717, 1.165) is 19.5 Å². The van der Waals surface area contributed by atoms with Gasteiger partial charge < -0.3 is 15.3 Å². The van der Waals surface area contributed by atoms with E-state index in [-0.39, 0.29) is 12.1 Å². The van der Waals surface area contributed by atoms with E-state index in [1.807, 2.05) is 0 Å². The van der Waals surface area contributed by atoms with Crippen molar-refractivity contribution in [2.45, 2.75) is 38.6 Å². The summed E-state index contributed by atoms with van der Waals surface area (Å²) in [6.07, 6.45) is 3.75. The third kappa shape index (κ3) is 3.56. The zero-order chi connectivity index (χ0) is 10.4. The van der Waals surface area contributed by atoms with Crippen LogP contribution in [0.4, 0.5) is 0 Å². The fraction of sp³-hybridized carbons (Fsp3) is 1.00. The van der Waals surface area contributed by atoms with Crippen molar-refractivity contribution in [1.82, 2.24) is 10.2 Å². The SMILES string of the molecule is CCCNC(C)(CO)CN1CCCC1. The lowest BCUT2D eigenvalue weighted by Crippen LogP contribution is -2.53. The highest BCUT2D eigenvalue weighted by Gasteiger charge is 2.26. The smallest absolute Gasteiger partial charge is 0.0623 e. The number of hydrogen-bond acceptors (Lipinski definition) is 3. The van der Waals surface area contributed by atoms with Gasteiger partial charge in [0.1, 0.15) is 0 Å². The zero-order valence-corrected chi connectivity index (χ0v) is 9.55. The van der Waals surface area contributed by atoms with E-state index in [0.29, 0.717) is 0 Å². The van der Waals surface area contributed by atoms with Crippen LogP contribution in [0.1, 0.15) is 33.1 Å². The van der Waals surface area contributed by atoms with Gasteiger partial charge in [0.05, 0.1) is 12.1 Å². The molecule has 0 radical (unpaired) electrons. The maximum absolute atomic E-state index is 9.38. The van der Waals surface area contributed by atoms with Crippen molar-refractivity contribution in [1.29, 1.82) is 0 Å². The average molecular weight is 200 g/mol. The van der Waals surface area contributed by atoms with Gasteiger partial charge in [0.15, 0.2) is 0 Å². The molecule has 1 heterocycles. The largest absolute Gasteiger partial charge is 0.394 e. The number of rotatable bonds is 6. The normalized spacial score (nSPS) is 22.5. The van der Waals surface area contributed by atoms with Crippen LogP contribution in [0, 0.1) is 0 Å². The van der Waals surface area contributed by atoms with Gasteiger partial charge in [0.25, 0.3) is 0 Å². The molecule has 1 saturated heterocycles. The minimum Gasteiger partial charge on any atom is -0.394 e. The van der Waals surface area contributed by atoms with Crippen molar-refractivity contribution < 1.29 is 5.11 Å². The highest BCUT2D eigenvalue weighted by atomic mass is 16.3. The van der Waals surface area contributed by atoms with E-state index in [2.05, 4.69) is 24.1 Å². The summed E-state index contributed by atoms with van der Waals surface area (Å²) < 4.78 is 0. The van der Waals surface area contributed by atoms with Gasteiger partial charge in [-0.3, -0.25) is 0 Å². The topological polar surface area (TPSA) is 35.5 Å². The molecule has 1 fully saturated rings. The number of nitrogens with one attached hydrogen (secondary N) is 1. The first-order valence-electron chi connectivity index (χ1n) is 5.78. The van der Waals surface area contributed by atoms with Crippen LogP contribution in [0.3, 0.4) is 0 Å². The van der Waals surface area contributed by atoms with E-state index < -0.39 is 0 Å². The molecule has 0 aromatic rings. The van der Waals surface area contributed by atoms with E-state index in [9.17, 15) is 5.11 Å². The van der Waals surface area contributed by atoms with Crippen LogP contribution in [0.25, 0.3) is 0 Å². The van der Waals surface area contributed by atoms with Gasteiger partial charge in [-0.05, 0) is 45.8 Å². The third-order valence-electron chi connectivity index (χ3n) is 2.92. The van der Waals surface area contributed by atoms with Crippen LogP contribution >= 0.6 is 0 Å². The van der Waals surface area contributed by atoms with Crippen LogP contribution in [-0.2, 0) is 0 Å². The van der Waals surface area contributed by atoms with E-state index in [1.54, 1.807) is 0 Å². The van der Waals surface area contributed by atoms with Gasteiger partial charge >= 0.3 is 0 Å². The lowest BCUT2D eigenvalue weighted by atomic mass is 10.0. The predicted octanol–water partition coefficient (Wildman–Crippen LogP) is 0.833. The van der Waals surface area contributed by atoms with Crippen LogP contribution in [0.2, 0.25) is 0 Å². The molecule has 14 heavy (non-hydrogen) atoms. The minimum absolute atomic E-state index is 0.111. The molecule has 0 aromatic carbocycles. The maximum atomic E-state index is 9.38. The Morgan fingerprint density at radius 2 is 2.00 bits per heavy atom. The Bertz CT molecular complexity index is 157.